The van der Waals surface area contributed by atoms with Crippen LogP contribution in [0.5, 0.6) is 5.75 Å². The van der Waals surface area contributed by atoms with E-state index in [1.807, 2.05) is 30.3 Å². The van der Waals surface area contributed by atoms with Gasteiger partial charge in [-0.25, -0.2) is 4.39 Å². The fourth-order valence-electron chi connectivity index (χ4n) is 5.61. The van der Waals surface area contributed by atoms with Crippen LogP contribution in [0.3, 0.4) is 0 Å². The van der Waals surface area contributed by atoms with Crippen LogP contribution in [0.25, 0.3) is 0 Å². The van der Waals surface area contributed by atoms with Crippen molar-refractivity contribution in [1.82, 2.24) is 4.90 Å². The molecular formula is C28H29FN2O2. The van der Waals surface area contributed by atoms with Crippen molar-refractivity contribution in [3.05, 3.63) is 101 Å². The standard InChI is InChI=1S/C28H29FN2O2/c29-25-9-7-23(8-10-25)28(27(30)32,22-4-2-1-3-5-22)24-13-16-31(19-24)15-12-20-6-11-26-21(18-20)14-17-33-26/h1-11,18,24H,12-17,19H2,(H2,30,32)/t24-,28?/m1/s1. The number of amides is 1. The van der Waals surface area contributed by atoms with Crippen LogP contribution in [0.15, 0.2) is 72.8 Å². The van der Waals surface area contributed by atoms with Gasteiger partial charge in [-0.2, -0.15) is 0 Å². The summed E-state index contributed by atoms with van der Waals surface area (Å²) in [7, 11) is 0. The third-order valence-electron chi connectivity index (χ3n) is 7.27. The zero-order valence-corrected chi connectivity index (χ0v) is 18.7. The van der Waals surface area contributed by atoms with Gasteiger partial charge in [-0.05, 0) is 65.8 Å². The molecule has 2 aliphatic rings. The summed E-state index contributed by atoms with van der Waals surface area (Å²) in [6.45, 7) is 3.36. The molecule has 0 radical (unpaired) electrons. The van der Waals surface area contributed by atoms with Crippen molar-refractivity contribution in [2.45, 2.75) is 24.7 Å². The number of halogens is 1. The van der Waals surface area contributed by atoms with E-state index in [0.717, 1.165) is 62.4 Å². The number of primary amides is 1. The molecule has 2 aliphatic heterocycles. The molecule has 1 amide bonds. The minimum Gasteiger partial charge on any atom is -0.493 e. The van der Waals surface area contributed by atoms with Gasteiger partial charge in [-0.15, -0.1) is 0 Å². The normalized spacial score (nSPS) is 19.6. The minimum absolute atomic E-state index is 0.0104. The van der Waals surface area contributed by atoms with E-state index in [1.165, 1.54) is 23.3 Å². The summed E-state index contributed by atoms with van der Waals surface area (Å²) in [6.07, 6.45) is 2.78. The molecule has 2 N–H and O–H groups in total. The highest BCUT2D eigenvalue weighted by Crippen LogP contribution is 2.43. The second-order valence-corrected chi connectivity index (χ2v) is 9.12. The maximum Gasteiger partial charge on any atom is 0.232 e. The molecule has 2 atom stereocenters. The maximum atomic E-state index is 13.7. The summed E-state index contributed by atoms with van der Waals surface area (Å²) in [5.74, 6) is 0.313. The number of rotatable bonds is 7. The van der Waals surface area contributed by atoms with Gasteiger partial charge < -0.3 is 15.4 Å². The first-order valence-corrected chi connectivity index (χ1v) is 11.7. The van der Waals surface area contributed by atoms with E-state index in [4.69, 9.17) is 10.5 Å². The number of hydrogen-bond acceptors (Lipinski definition) is 3. The fraction of sp³-hybridized carbons (Fsp3) is 0.321. The Balaban J connectivity index is 1.39. The first-order valence-electron chi connectivity index (χ1n) is 11.7. The van der Waals surface area contributed by atoms with E-state index >= 15 is 0 Å². The van der Waals surface area contributed by atoms with Gasteiger partial charge in [0.25, 0.3) is 0 Å². The summed E-state index contributed by atoms with van der Waals surface area (Å²) in [5, 5.41) is 0. The summed E-state index contributed by atoms with van der Waals surface area (Å²) >= 11 is 0. The Morgan fingerprint density at radius 2 is 1.82 bits per heavy atom. The van der Waals surface area contributed by atoms with Crippen molar-refractivity contribution in [2.75, 3.05) is 26.2 Å². The van der Waals surface area contributed by atoms with Crippen LogP contribution in [0.4, 0.5) is 4.39 Å². The molecule has 1 fully saturated rings. The van der Waals surface area contributed by atoms with Crippen LogP contribution >= 0.6 is 0 Å². The molecule has 5 rings (SSSR count). The van der Waals surface area contributed by atoms with Crippen LogP contribution in [0.1, 0.15) is 28.7 Å². The Morgan fingerprint density at radius 3 is 2.58 bits per heavy atom. The predicted octanol–water partition coefficient (Wildman–Crippen LogP) is 4.10. The highest BCUT2D eigenvalue weighted by Gasteiger charge is 2.49. The summed E-state index contributed by atoms with van der Waals surface area (Å²) < 4.78 is 19.3. The lowest BCUT2D eigenvalue weighted by Gasteiger charge is -2.37. The number of nitrogens with zero attached hydrogens (tertiary/aromatic N) is 1. The second-order valence-electron chi connectivity index (χ2n) is 9.12. The smallest absolute Gasteiger partial charge is 0.232 e. The maximum absolute atomic E-state index is 13.7. The Hall–Kier alpha value is -3.18. The van der Waals surface area contributed by atoms with Crippen LogP contribution < -0.4 is 10.5 Å². The number of fused-ring (bicyclic) bond motifs is 1. The molecule has 0 saturated carbocycles. The van der Waals surface area contributed by atoms with Gasteiger partial charge in [0.05, 0.1) is 6.61 Å². The highest BCUT2D eigenvalue weighted by molar-refractivity contribution is 5.91. The molecule has 0 aliphatic carbocycles. The molecule has 5 heteroatoms. The summed E-state index contributed by atoms with van der Waals surface area (Å²) in [4.78, 5) is 15.6. The molecule has 1 unspecified atom stereocenters. The lowest BCUT2D eigenvalue weighted by molar-refractivity contribution is -0.123. The Labute approximate surface area is 194 Å². The zero-order valence-electron chi connectivity index (χ0n) is 18.7. The molecule has 33 heavy (non-hydrogen) atoms. The van der Waals surface area contributed by atoms with Crippen LogP contribution in [0, 0.1) is 11.7 Å². The van der Waals surface area contributed by atoms with Crippen molar-refractivity contribution in [2.24, 2.45) is 11.7 Å². The number of carbonyl (C=O) groups excluding carboxylic acids is 1. The SMILES string of the molecule is NC(=O)C(c1ccccc1)(c1ccc(F)cc1)[C@@H]1CCN(CCc2ccc3c(c2)CCO3)C1. The number of likely N-dealkylation sites (tertiary alicyclic amines) is 1. The molecule has 0 aromatic heterocycles. The van der Waals surface area contributed by atoms with E-state index in [-0.39, 0.29) is 17.6 Å². The van der Waals surface area contributed by atoms with Gasteiger partial charge in [-0.1, -0.05) is 54.6 Å². The molecule has 170 valence electrons. The molecule has 1 saturated heterocycles. The number of carbonyl (C=O) groups is 1. The molecule has 3 aromatic carbocycles. The minimum atomic E-state index is -0.991. The average molecular weight is 445 g/mol. The number of hydrogen-bond donors (Lipinski definition) is 1. The summed E-state index contributed by atoms with van der Waals surface area (Å²) in [5.41, 5.74) is 9.39. The van der Waals surface area contributed by atoms with Gasteiger partial charge in [0, 0.05) is 19.5 Å². The number of nitrogens with two attached hydrogens (primary N) is 1. The van der Waals surface area contributed by atoms with Crippen molar-refractivity contribution >= 4 is 5.91 Å². The van der Waals surface area contributed by atoms with Crippen molar-refractivity contribution in [3.8, 4) is 5.75 Å². The second kappa shape index (κ2) is 8.99. The molecular weight excluding hydrogens is 415 g/mol. The first-order chi connectivity index (χ1) is 16.1. The van der Waals surface area contributed by atoms with E-state index in [1.54, 1.807) is 12.1 Å². The van der Waals surface area contributed by atoms with E-state index < -0.39 is 5.41 Å². The average Bonchev–Trinajstić information content (AvgIpc) is 3.49. The van der Waals surface area contributed by atoms with Gasteiger partial charge >= 0.3 is 0 Å². The van der Waals surface area contributed by atoms with E-state index in [0.29, 0.717) is 0 Å². The van der Waals surface area contributed by atoms with E-state index in [2.05, 4.69) is 23.1 Å². The molecule has 0 bridgehead atoms. The third kappa shape index (κ3) is 4.02. The molecule has 0 spiro atoms. The first kappa shape index (κ1) is 21.7. The summed E-state index contributed by atoms with van der Waals surface area (Å²) in [6, 6.07) is 22.5. The van der Waals surface area contributed by atoms with Gasteiger partial charge in [0.15, 0.2) is 0 Å². The van der Waals surface area contributed by atoms with Crippen LogP contribution in [0.2, 0.25) is 0 Å². The van der Waals surface area contributed by atoms with Crippen molar-refractivity contribution < 1.29 is 13.9 Å². The molecule has 3 aromatic rings. The van der Waals surface area contributed by atoms with Gasteiger partial charge in [-0.3, -0.25) is 4.79 Å². The lowest BCUT2D eigenvalue weighted by atomic mass is 9.64. The molecule has 4 nitrogen and oxygen atoms in total. The largest absolute Gasteiger partial charge is 0.493 e. The van der Waals surface area contributed by atoms with Crippen LogP contribution in [-0.4, -0.2) is 37.0 Å². The topological polar surface area (TPSA) is 55.6 Å². The van der Waals surface area contributed by atoms with Gasteiger partial charge in [0.2, 0.25) is 5.91 Å². The number of benzene rings is 3. The third-order valence-corrected chi connectivity index (χ3v) is 7.27. The van der Waals surface area contributed by atoms with Crippen molar-refractivity contribution in [3.63, 3.8) is 0 Å². The van der Waals surface area contributed by atoms with Gasteiger partial charge in [0.1, 0.15) is 17.0 Å². The quantitative estimate of drug-likeness (QED) is 0.597. The predicted molar refractivity (Wildman–Crippen MR) is 127 cm³/mol. The van der Waals surface area contributed by atoms with Crippen molar-refractivity contribution in [1.29, 1.82) is 0 Å². The Bertz CT molecular complexity index is 1130. The Morgan fingerprint density at radius 1 is 1.06 bits per heavy atom. The van der Waals surface area contributed by atoms with E-state index in [9.17, 15) is 9.18 Å². The fourth-order valence-corrected chi connectivity index (χ4v) is 5.61. The monoisotopic (exact) mass is 444 g/mol. The molecule has 2 heterocycles. The number of ether oxygens (including phenoxy) is 1. The lowest BCUT2D eigenvalue weighted by Crippen LogP contribution is -2.49. The zero-order chi connectivity index (χ0) is 22.8. The van der Waals surface area contributed by atoms with Crippen LogP contribution in [-0.2, 0) is 23.1 Å². The Kier molecular flexibility index (Phi) is 5.90. The highest BCUT2D eigenvalue weighted by atomic mass is 19.1.